The quantitative estimate of drug-likeness (QED) is 0.394. The molecule has 0 aliphatic rings. The fraction of sp³-hybridized carbons (Fsp3) is 0.600. The van der Waals surface area contributed by atoms with Crippen molar-refractivity contribution in [3.63, 3.8) is 0 Å². The van der Waals surface area contributed by atoms with Gasteiger partial charge in [-0.3, -0.25) is 10.1 Å². The van der Waals surface area contributed by atoms with Gasteiger partial charge in [0.05, 0.1) is 4.92 Å². The Hall–Kier alpha value is -1.66. The lowest BCUT2D eigenvalue weighted by Gasteiger charge is -2.12. The highest BCUT2D eigenvalue weighted by molar-refractivity contribution is 5.62. The summed E-state index contributed by atoms with van der Waals surface area (Å²) in [5, 5.41) is 23.0. The zero-order chi connectivity index (χ0) is 15.7. The lowest BCUT2D eigenvalue weighted by Crippen LogP contribution is -2.11. The Bertz CT molecular complexity index is 450. The Labute approximate surface area is 125 Å². The van der Waals surface area contributed by atoms with Crippen LogP contribution in [0.15, 0.2) is 18.2 Å². The molecular formula is C15H25N3O3. The highest BCUT2D eigenvalue weighted by Gasteiger charge is 2.14. The van der Waals surface area contributed by atoms with E-state index in [1.807, 2.05) is 25.1 Å². The molecule has 0 aliphatic heterocycles. The summed E-state index contributed by atoms with van der Waals surface area (Å²) in [7, 11) is 3.87. The normalized spacial score (nSPS) is 10.9. The summed E-state index contributed by atoms with van der Waals surface area (Å²) in [5.41, 5.74) is 1.63. The highest BCUT2D eigenvalue weighted by atomic mass is 16.6. The molecule has 1 aromatic carbocycles. The molecular weight excluding hydrogens is 270 g/mol. The number of anilines is 1. The van der Waals surface area contributed by atoms with Crippen molar-refractivity contribution in [3.05, 3.63) is 33.9 Å². The first kappa shape index (κ1) is 17.4. The van der Waals surface area contributed by atoms with Gasteiger partial charge in [-0.25, -0.2) is 0 Å². The van der Waals surface area contributed by atoms with E-state index >= 15 is 0 Å². The largest absolute Gasteiger partial charge is 0.396 e. The molecule has 0 saturated carbocycles. The Morgan fingerprint density at radius 2 is 1.95 bits per heavy atom. The van der Waals surface area contributed by atoms with Crippen molar-refractivity contribution in [2.75, 3.05) is 32.6 Å². The van der Waals surface area contributed by atoms with Crippen LogP contribution >= 0.6 is 0 Å². The maximum atomic E-state index is 11.2. The third kappa shape index (κ3) is 6.55. The van der Waals surface area contributed by atoms with Crippen LogP contribution < -0.4 is 5.32 Å². The van der Waals surface area contributed by atoms with Crippen LogP contribution in [0.2, 0.25) is 0 Å². The first-order chi connectivity index (χ1) is 10.0. The fourth-order valence-corrected chi connectivity index (χ4v) is 2.15. The molecule has 0 fully saturated rings. The second-order valence-electron chi connectivity index (χ2n) is 5.41. The van der Waals surface area contributed by atoms with Crippen molar-refractivity contribution in [2.24, 2.45) is 0 Å². The van der Waals surface area contributed by atoms with Crippen LogP contribution in [0, 0.1) is 10.1 Å². The van der Waals surface area contributed by atoms with Crippen LogP contribution in [0.3, 0.4) is 0 Å². The minimum atomic E-state index is -0.340. The molecule has 0 unspecified atom stereocenters. The fourth-order valence-electron chi connectivity index (χ4n) is 2.15. The number of hydrogen-bond donors (Lipinski definition) is 2. The number of unbranched alkanes of at least 4 members (excludes halogenated alkanes) is 3. The van der Waals surface area contributed by atoms with Crippen LogP contribution in [0.25, 0.3) is 0 Å². The summed E-state index contributed by atoms with van der Waals surface area (Å²) in [6.07, 6.45) is 3.76. The van der Waals surface area contributed by atoms with Gasteiger partial charge in [-0.1, -0.05) is 18.9 Å². The summed E-state index contributed by atoms with van der Waals surface area (Å²) < 4.78 is 0. The molecule has 0 amide bonds. The second kappa shape index (κ2) is 9.31. The van der Waals surface area contributed by atoms with E-state index in [4.69, 9.17) is 5.11 Å². The average molecular weight is 295 g/mol. The maximum absolute atomic E-state index is 11.2. The van der Waals surface area contributed by atoms with E-state index in [0.29, 0.717) is 18.8 Å². The highest BCUT2D eigenvalue weighted by Crippen LogP contribution is 2.26. The van der Waals surface area contributed by atoms with Crippen LogP contribution in [0.4, 0.5) is 11.4 Å². The molecule has 0 atom stereocenters. The monoisotopic (exact) mass is 295 g/mol. The smallest absolute Gasteiger partial charge is 0.292 e. The van der Waals surface area contributed by atoms with Gasteiger partial charge in [-0.05, 0) is 38.6 Å². The van der Waals surface area contributed by atoms with Gasteiger partial charge in [-0.15, -0.1) is 0 Å². The van der Waals surface area contributed by atoms with Crippen molar-refractivity contribution in [1.29, 1.82) is 0 Å². The Morgan fingerprint density at radius 3 is 2.57 bits per heavy atom. The molecule has 6 heteroatoms. The Balaban J connectivity index is 2.58. The molecule has 0 aliphatic carbocycles. The molecule has 0 bridgehead atoms. The lowest BCUT2D eigenvalue weighted by molar-refractivity contribution is -0.384. The van der Waals surface area contributed by atoms with Gasteiger partial charge in [0.1, 0.15) is 5.69 Å². The van der Waals surface area contributed by atoms with E-state index in [9.17, 15) is 10.1 Å². The Kier molecular flexibility index (Phi) is 7.71. The minimum absolute atomic E-state index is 0.129. The van der Waals surface area contributed by atoms with Crippen molar-refractivity contribution < 1.29 is 10.0 Å². The van der Waals surface area contributed by atoms with Crippen molar-refractivity contribution >= 4 is 11.4 Å². The van der Waals surface area contributed by atoms with E-state index in [-0.39, 0.29) is 17.2 Å². The standard InChI is InChI=1S/C15H25N3O3/c1-17(2)12-13-7-8-14(15(11-13)18(20)21)16-9-5-3-4-6-10-19/h7-8,11,16,19H,3-6,9-10,12H2,1-2H3. The van der Waals surface area contributed by atoms with Gasteiger partial charge < -0.3 is 15.3 Å². The summed E-state index contributed by atoms with van der Waals surface area (Å²) >= 11 is 0. The molecule has 1 rings (SSSR count). The topological polar surface area (TPSA) is 78.6 Å². The third-order valence-electron chi connectivity index (χ3n) is 3.16. The van der Waals surface area contributed by atoms with Crippen LogP contribution in [0.5, 0.6) is 0 Å². The molecule has 0 radical (unpaired) electrons. The van der Waals surface area contributed by atoms with E-state index in [1.165, 1.54) is 0 Å². The number of benzene rings is 1. The molecule has 0 heterocycles. The predicted molar refractivity (Wildman–Crippen MR) is 84.5 cm³/mol. The van der Waals surface area contributed by atoms with E-state index in [0.717, 1.165) is 31.2 Å². The van der Waals surface area contributed by atoms with E-state index in [1.54, 1.807) is 12.1 Å². The molecule has 1 aromatic rings. The zero-order valence-electron chi connectivity index (χ0n) is 12.8. The molecule has 0 spiro atoms. The predicted octanol–water partition coefficient (Wildman–Crippen LogP) is 2.62. The Morgan fingerprint density at radius 1 is 1.24 bits per heavy atom. The van der Waals surface area contributed by atoms with Gasteiger partial charge >= 0.3 is 0 Å². The van der Waals surface area contributed by atoms with Crippen LogP contribution in [-0.2, 0) is 6.54 Å². The molecule has 0 saturated heterocycles. The summed E-state index contributed by atoms with van der Waals surface area (Å²) in [6, 6.07) is 5.33. The molecule has 2 N–H and O–H groups in total. The van der Waals surface area contributed by atoms with E-state index in [2.05, 4.69) is 5.32 Å². The third-order valence-corrected chi connectivity index (χ3v) is 3.16. The first-order valence-corrected chi connectivity index (χ1v) is 7.31. The lowest BCUT2D eigenvalue weighted by atomic mass is 10.1. The first-order valence-electron chi connectivity index (χ1n) is 7.31. The number of nitrogens with zero attached hydrogens (tertiary/aromatic N) is 2. The number of nitrogens with one attached hydrogen (secondary N) is 1. The van der Waals surface area contributed by atoms with Gasteiger partial charge in [0, 0.05) is 25.8 Å². The van der Waals surface area contributed by atoms with Gasteiger partial charge in [0.15, 0.2) is 0 Å². The number of nitro benzene ring substituents is 1. The maximum Gasteiger partial charge on any atom is 0.292 e. The van der Waals surface area contributed by atoms with Gasteiger partial charge in [0.2, 0.25) is 0 Å². The van der Waals surface area contributed by atoms with Crippen LogP contribution in [0.1, 0.15) is 31.2 Å². The molecule has 0 aromatic heterocycles. The SMILES string of the molecule is CN(C)Cc1ccc(NCCCCCCO)c([N+](=O)[O-])c1. The molecule has 118 valence electrons. The zero-order valence-corrected chi connectivity index (χ0v) is 12.8. The molecule has 21 heavy (non-hydrogen) atoms. The van der Waals surface area contributed by atoms with Crippen LogP contribution in [-0.4, -0.2) is 42.2 Å². The van der Waals surface area contributed by atoms with Crippen molar-refractivity contribution in [1.82, 2.24) is 4.90 Å². The summed E-state index contributed by atoms with van der Waals surface area (Å²) in [4.78, 5) is 12.8. The van der Waals surface area contributed by atoms with Gasteiger partial charge in [-0.2, -0.15) is 0 Å². The second-order valence-corrected chi connectivity index (χ2v) is 5.41. The number of aliphatic hydroxyl groups is 1. The number of aliphatic hydroxyl groups excluding tert-OH is 1. The average Bonchev–Trinajstić information content (AvgIpc) is 2.43. The van der Waals surface area contributed by atoms with E-state index < -0.39 is 0 Å². The molecule has 6 nitrogen and oxygen atoms in total. The summed E-state index contributed by atoms with van der Waals surface area (Å²) in [5.74, 6) is 0. The number of rotatable bonds is 10. The number of hydrogen-bond acceptors (Lipinski definition) is 5. The summed E-state index contributed by atoms with van der Waals surface area (Å²) in [6.45, 7) is 1.62. The van der Waals surface area contributed by atoms with Gasteiger partial charge in [0.25, 0.3) is 5.69 Å². The van der Waals surface area contributed by atoms with Crippen molar-refractivity contribution in [3.8, 4) is 0 Å². The van der Waals surface area contributed by atoms with Crippen molar-refractivity contribution in [2.45, 2.75) is 32.2 Å². The minimum Gasteiger partial charge on any atom is -0.396 e. The number of nitro groups is 1.